The molecule has 0 saturated carbocycles. The normalized spacial score (nSPS) is 22.8. The number of carbonyl (C=O) groups excluding carboxylic acids is 1. The summed E-state index contributed by atoms with van der Waals surface area (Å²) in [6, 6.07) is 7.75. The van der Waals surface area contributed by atoms with Crippen LogP contribution < -0.4 is 15.0 Å². The molecule has 3 heterocycles. The zero-order valence-electron chi connectivity index (χ0n) is 18.7. The van der Waals surface area contributed by atoms with Crippen molar-refractivity contribution in [3.63, 3.8) is 0 Å². The van der Waals surface area contributed by atoms with Crippen LogP contribution in [0.25, 0.3) is 0 Å². The van der Waals surface area contributed by atoms with Gasteiger partial charge in [-0.25, -0.2) is 17.8 Å². The monoisotopic (exact) mass is 495 g/mol. The number of rotatable bonds is 6. The SMILES string of the molecule is CC(C)(Oc1ccc(Cl)cc1F)C(=O)NC1CC2CCC(C1)N2c1ccc(S(C)(=O)=O)cn1. The Morgan fingerprint density at radius 2 is 1.88 bits per heavy atom. The molecule has 1 N–H and O–H groups in total. The Balaban J connectivity index is 1.41. The van der Waals surface area contributed by atoms with Gasteiger partial charge in [-0.3, -0.25) is 4.79 Å². The molecule has 0 aliphatic carbocycles. The van der Waals surface area contributed by atoms with Crippen molar-refractivity contribution in [3.8, 4) is 5.75 Å². The summed E-state index contributed by atoms with van der Waals surface area (Å²) in [5, 5.41) is 3.33. The van der Waals surface area contributed by atoms with E-state index in [1.54, 1.807) is 26.0 Å². The Morgan fingerprint density at radius 1 is 1.21 bits per heavy atom. The van der Waals surface area contributed by atoms with E-state index in [-0.39, 0.29) is 39.7 Å². The number of fused-ring (bicyclic) bond motifs is 2. The molecule has 7 nitrogen and oxygen atoms in total. The molecule has 1 aromatic heterocycles. The minimum absolute atomic E-state index is 0.0296. The van der Waals surface area contributed by atoms with Gasteiger partial charge in [0.25, 0.3) is 5.91 Å². The van der Waals surface area contributed by atoms with Gasteiger partial charge in [-0.15, -0.1) is 0 Å². The highest BCUT2D eigenvalue weighted by molar-refractivity contribution is 7.90. The first-order valence-corrected chi connectivity index (χ1v) is 13.1. The minimum Gasteiger partial charge on any atom is -0.475 e. The Kier molecular flexibility index (Phi) is 6.30. The van der Waals surface area contributed by atoms with Gasteiger partial charge >= 0.3 is 0 Å². The molecule has 178 valence electrons. The maximum atomic E-state index is 14.1. The van der Waals surface area contributed by atoms with E-state index in [1.807, 2.05) is 0 Å². The molecule has 0 spiro atoms. The van der Waals surface area contributed by atoms with Crippen molar-refractivity contribution in [2.45, 2.75) is 68.2 Å². The topological polar surface area (TPSA) is 88.6 Å². The number of anilines is 1. The number of hydrogen-bond donors (Lipinski definition) is 1. The van der Waals surface area contributed by atoms with Gasteiger partial charge in [-0.1, -0.05) is 11.6 Å². The second-order valence-electron chi connectivity index (χ2n) is 9.25. The molecule has 4 rings (SSSR count). The first-order valence-electron chi connectivity index (χ1n) is 10.8. The molecule has 0 radical (unpaired) electrons. The van der Waals surface area contributed by atoms with Crippen LogP contribution in [0.2, 0.25) is 5.02 Å². The fraction of sp³-hybridized carbons (Fsp3) is 0.478. The summed E-state index contributed by atoms with van der Waals surface area (Å²) in [6.07, 6.45) is 5.99. The number of pyridine rings is 1. The Hall–Kier alpha value is -2.39. The number of piperidine rings is 1. The number of nitrogens with one attached hydrogen (secondary N) is 1. The summed E-state index contributed by atoms with van der Waals surface area (Å²) < 4.78 is 43.2. The summed E-state index contributed by atoms with van der Waals surface area (Å²) in [7, 11) is -3.30. The highest BCUT2D eigenvalue weighted by atomic mass is 35.5. The fourth-order valence-corrected chi connectivity index (χ4v) is 5.37. The molecule has 1 amide bonds. The molecule has 2 unspecified atom stereocenters. The van der Waals surface area contributed by atoms with Crippen molar-refractivity contribution in [3.05, 3.63) is 47.4 Å². The quantitative estimate of drug-likeness (QED) is 0.656. The van der Waals surface area contributed by atoms with Gasteiger partial charge in [0.05, 0.1) is 4.90 Å². The second kappa shape index (κ2) is 8.76. The first-order chi connectivity index (χ1) is 15.4. The lowest BCUT2D eigenvalue weighted by molar-refractivity contribution is -0.135. The van der Waals surface area contributed by atoms with Crippen LogP contribution in [0.4, 0.5) is 10.2 Å². The van der Waals surface area contributed by atoms with E-state index in [2.05, 4.69) is 15.2 Å². The number of ether oxygens (including phenoxy) is 1. The molecule has 2 fully saturated rings. The molecular formula is C23H27ClFN3O4S. The van der Waals surface area contributed by atoms with E-state index in [0.717, 1.165) is 43.8 Å². The van der Waals surface area contributed by atoms with Crippen molar-refractivity contribution < 1.29 is 22.3 Å². The number of nitrogens with zero attached hydrogens (tertiary/aromatic N) is 2. The Bertz CT molecular complexity index is 1140. The average Bonchev–Trinajstić information content (AvgIpc) is 3.00. The minimum atomic E-state index is -3.30. The number of sulfone groups is 1. The highest BCUT2D eigenvalue weighted by Gasteiger charge is 2.43. The molecule has 2 aliphatic heterocycles. The fourth-order valence-electron chi connectivity index (χ4n) is 4.65. The summed E-state index contributed by atoms with van der Waals surface area (Å²) >= 11 is 5.79. The summed E-state index contributed by atoms with van der Waals surface area (Å²) in [4.78, 5) is 19.8. The van der Waals surface area contributed by atoms with Gasteiger partial charge in [-0.05, 0) is 69.9 Å². The van der Waals surface area contributed by atoms with Crippen LogP contribution in [0, 0.1) is 5.82 Å². The number of aromatic nitrogens is 1. The maximum Gasteiger partial charge on any atom is 0.263 e. The summed E-state index contributed by atoms with van der Waals surface area (Å²) in [6.45, 7) is 3.21. The van der Waals surface area contributed by atoms with Crippen LogP contribution >= 0.6 is 11.6 Å². The molecule has 2 bridgehead atoms. The lowest BCUT2D eigenvalue weighted by atomic mass is 9.96. The van der Waals surface area contributed by atoms with Gasteiger partial charge < -0.3 is 15.0 Å². The standard InChI is InChI=1S/C23H27ClFN3O4S/c1-23(2,32-20-8-4-14(24)10-19(20)25)22(29)27-15-11-16-5-6-17(12-15)28(16)21-9-7-18(13-26-21)33(3,30)31/h4,7-10,13,15-17H,5-6,11-12H2,1-3H3,(H,27,29). The number of halogens is 2. The predicted molar refractivity (Wildman–Crippen MR) is 124 cm³/mol. The van der Waals surface area contributed by atoms with Crippen LogP contribution in [-0.2, 0) is 14.6 Å². The van der Waals surface area contributed by atoms with Crippen molar-refractivity contribution in [2.75, 3.05) is 11.2 Å². The van der Waals surface area contributed by atoms with Gasteiger partial charge in [-0.2, -0.15) is 0 Å². The number of hydrogen-bond acceptors (Lipinski definition) is 6. The van der Waals surface area contributed by atoms with Crippen LogP contribution in [-0.4, -0.2) is 49.3 Å². The molecule has 2 aromatic rings. The zero-order valence-corrected chi connectivity index (χ0v) is 20.3. The van der Waals surface area contributed by atoms with E-state index in [9.17, 15) is 17.6 Å². The van der Waals surface area contributed by atoms with Gasteiger partial charge in [0.2, 0.25) is 0 Å². The molecule has 33 heavy (non-hydrogen) atoms. The zero-order chi connectivity index (χ0) is 24.0. The van der Waals surface area contributed by atoms with Crippen molar-refractivity contribution in [2.24, 2.45) is 0 Å². The smallest absolute Gasteiger partial charge is 0.263 e. The summed E-state index contributed by atoms with van der Waals surface area (Å²) in [5.74, 6) is -0.214. The van der Waals surface area contributed by atoms with Crippen LogP contribution in [0.3, 0.4) is 0 Å². The third-order valence-electron chi connectivity index (χ3n) is 6.29. The third-order valence-corrected chi connectivity index (χ3v) is 7.62. The van der Waals surface area contributed by atoms with Crippen molar-refractivity contribution >= 4 is 33.2 Å². The number of carbonyl (C=O) groups is 1. The molecule has 2 atom stereocenters. The lowest BCUT2D eigenvalue weighted by Crippen LogP contribution is -2.55. The van der Waals surface area contributed by atoms with Crippen LogP contribution in [0.1, 0.15) is 39.5 Å². The first kappa shape index (κ1) is 23.8. The van der Waals surface area contributed by atoms with E-state index in [0.29, 0.717) is 0 Å². The predicted octanol–water partition coefficient (Wildman–Crippen LogP) is 3.75. The number of benzene rings is 1. The van der Waals surface area contributed by atoms with Crippen LogP contribution in [0.5, 0.6) is 5.75 Å². The number of amides is 1. The van der Waals surface area contributed by atoms with Gasteiger partial charge in [0, 0.05) is 35.6 Å². The van der Waals surface area contributed by atoms with E-state index < -0.39 is 21.3 Å². The highest BCUT2D eigenvalue weighted by Crippen LogP contribution is 2.39. The van der Waals surface area contributed by atoms with Gasteiger partial charge in [0.15, 0.2) is 27.0 Å². The Labute approximate surface area is 198 Å². The maximum absolute atomic E-state index is 14.1. The molecule has 10 heteroatoms. The van der Waals surface area contributed by atoms with Crippen molar-refractivity contribution in [1.82, 2.24) is 10.3 Å². The van der Waals surface area contributed by atoms with Crippen LogP contribution in [0.15, 0.2) is 41.4 Å². The summed E-state index contributed by atoms with van der Waals surface area (Å²) in [5.41, 5.74) is -1.27. The van der Waals surface area contributed by atoms with E-state index in [4.69, 9.17) is 16.3 Å². The lowest BCUT2D eigenvalue weighted by Gasteiger charge is -2.40. The average molecular weight is 496 g/mol. The Morgan fingerprint density at radius 3 is 2.42 bits per heavy atom. The molecule has 2 aliphatic rings. The molecule has 2 saturated heterocycles. The molecule has 1 aromatic carbocycles. The largest absolute Gasteiger partial charge is 0.475 e. The van der Waals surface area contributed by atoms with E-state index in [1.165, 1.54) is 18.3 Å². The van der Waals surface area contributed by atoms with Crippen molar-refractivity contribution in [1.29, 1.82) is 0 Å². The van der Waals surface area contributed by atoms with Gasteiger partial charge in [0.1, 0.15) is 5.82 Å². The third kappa shape index (κ3) is 5.09. The molecular weight excluding hydrogens is 469 g/mol. The van der Waals surface area contributed by atoms with E-state index >= 15 is 0 Å². The second-order valence-corrected chi connectivity index (χ2v) is 11.7.